The second-order valence-corrected chi connectivity index (χ2v) is 4.98. The molecular weight excluding hydrogens is 270 g/mol. The van der Waals surface area contributed by atoms with E-state index < -0.39 is 6.10 Å². The first-order chi connectivity index (χ1) is 10.3. The minimum Gasteiger partial charge on any atom is -0.480 e. The molecule has 0 saturated carbocycles. The SMILES string of the molecule is O=C(Nc1ccc2c(c1)OCO2)[C@@H]1Cc2ccccc2O1. The van der Waals surface area contributed by atoms with Crippen molar-refractivity contribution in [1.29, 1.82) is 0 Å². The minimum atomic E-state index is -0.493. The van der Waals surface area contributed by atoms with E-state index in [1.54, 1.807) is 18.2 Å². The van der Waals surface area contributed by atoms with Crippen LogP contribution in [0.1, 0.15) is 5.56 Å². The number of carbonyl (C=O) groups is 1. The molecule has 0 saturated heterocycles. The van der Waals surface area contributed by atoms with Gasteiger partial charge in [0.25, 0.3) is 5.91 Å². The molecule has 0 aliphatic carbocycles. The Morgan fingerprint density at radius 1 is 1.05 bits per heavy atom. The van der Waals surface area contributed by atoms with Gasteiger partial charge in [0.05, 0.1) is 0 Å². The van der Waals surface area contributed by atoms with E-state index in [4.69, 9.17) is 14.2 Å². The molecule has 0 aromatic heterocycles. The first-order valence-electron chi connectivity index (χ1n) is 6.75. The molecule has 0 spiro atoms. The van der Waals surface area contributed by atoms with Gasteiger partial charge in [-0.3, -0.25) is 4.79 Å². The molecule has 1 amide bonds. The Morgan fingerprint density at radius 2 is 1.90 bits per heavy atom. The Morgan fingerprint density at radius 3 is 2.81 bits per heavy atom. The number of para-hydroxylation sites is 1. The van der Waals surface area contributed by atoms with Crippen LogP contribution in [-0.2, 0) is 11.2 Å². The summed E-state index contributed by atoms with van der Waals surface area (Å²) in [6, 6.07) is 13.0. The van der Waals surface area contributed by atoms with Crippen LogP contribution in [0.25, 0.3) is 0 Å². The monoisotopic (exact) mass is 283 g/mol. The van der Waals surface area contributed by atoms with Crippen LogP contribution >= 0.6 is 0 Å². The molecule has 2 aromatic carbocycles. The lowest BCUT2D eigenvalue weighted by atomic mass is 10.1. The number of hydrogen-bond donors (Lipinski definition) is 1. The molecular formula is C16H13NO4. The van der Waals surface area contributed by atoms with Gasteiger partial charge in [0.2, 0.25) is 6.79 Å². The fourth-order valence-corrected chi connectivity index (χ4v) is 2.53. The Hall–Kier alpha value is -2.69. The van der Waals surface area contributed by atoms with Gasteiger partial charge in [-0.25, -0.2) is 0 Å². The highest BCUT2D eigenvalue weighted by Crippen LogP contribution is 2.34. The van der Waals surface area contributed by atoms with Crippen molar-refractivity contribution in [3.63, 3.8) is 0 Å². The zero-order valence-electron chi connectivity index (χ0n) is 11.2. The van der Waals surface area contributed by atoms with Crippen LogP contribution in [-0.4, -0.2) is 18.8 Å². The third-order valence-corrected chi connectivity index (χ3v) is 3.58. The summed E-state index contributed by atoms with van der Waals surface area (Å²) in [7, 11) is 0. The maximum Gasteiger partial charge on any atom is 0.265 e. The minimum absolute atomic E-state index is 0.162. The van der Waals surface area contributed by atoms with Gasteiger partial charge in [-0.2, -0.15) is 0 Å². The molecule has 21 heavy (non-hydrogen) atoms. The average Bonchev–Trinajstić information content (AvgIpc) is 3.13. The van der Waals surface area contributed by atoms with E-state index in [-0.39, 0.29) is 12.7 Å². The highest BCUT2D eigenvalue weighted by Gasteiger charge is 2.29. The van der Waals surface area contributed by atoms with E-state index in [2.05, 4.69) is 5.32 Å². The molecule has 2 aliphatic heterocycles. The van der Waals surface area contributed by atoms with Crippen LogP contribution in [0.3, 0.4) is 0 Å². The van der Waals surface area contributed by atoms with Crippen molar-refractivity contribution >= 4 is 11.6 Å². The molecule has 0 unspecified atom stereocenters. The number of amides is 1. The molecule has 1 atom stereocenters. The zero-order valence-corrected chi connectivity index (χ0v) is 11.2. The number of fused-ring (bicyclic) bond motifs is 2. The van der Waals surface area contributed by atoms with Crippen LogP contribution in [0.5, 0.6) is 17.2 Å². The molecule has 5 nitrogen and oxygen atoms in total. The third-order valence-electron chi connectivity index (χ3n) is 3.58. The molecule has 0 bridgehead atoms. The number of hydrogen-bond acceptors (Lipinski definition) is 4. The fraction of sp³-hybridized carbons (Fsp3) is 0.188. The van der Waals surface area contributed by atoms with E-state index in [0.717, 1.165) is 11.3 Å². The number of ether oxygens (including phenoxy) is 3. The van der Waals surface area contributed by atoms with Crippen LogP contribution < -0.4 is 19.5 Å². The Bertz CT molecular complexity index is 688. The predicted molar refractivity (Wildman–Crippen MR) is 75.8 cm³/mol. The summed E-state index contributed by atoms with van der Waals surface area (Å²) in [4.78, 5) is 12.3. The summed E-state index contributed by atoms with van der Waals surface area (Å²) < 4.78 is 16.2. The van der Waals surface area contributed by atoms with Gasteiger partial charge in [0.15, 0.2) is 17.6 Å². The summed E-state index contributed by atoms with van der Waals surface area (Å²) in [5.74, 6) is 1.95. The van der Waals surface area contributed by atoms with Gasteiger partial charge in [-0.05, 0) is 23.8 Å². The summed E-state index contributed by atoms with van der Waals surface area (Å²) in [6.07, 6.45) is 0.0971. The first-order valence-corrected chi connectivity index (χ1v) is 6.75. The van der Waals surface area contributed by atoms with Crippen molar-refractivity contribution < 1.29 is 19.0 Å². The van der Waals surface area contributed by atoms with Crippen molar-refractivity contribution in [3.05, 3.63) is 48.0 Å². The topological polar surface area (TPSA) is 56.8 Å². The summed E-state index contributed by atoms with van der Waals surface area (Å²) in [5, 5.41) is 2.85. The highest BCUT2D eigenvalue weighted by atomic mass is 16.7. The van der Waals surface area contributed by atoms with E-state index in [9.17, 15) is 4.79 Å². The van der Waals surface area contributed by atoms with E-state index in [1.165, 1.54) is 0 Å². The molecule has 2 heterocycles. The van der Waals surface area contributed by atoms with Crippen LogP contribution in [0.4, 0.5) is 5.69 Å². The molecule has 2 aromatic rings. The summed E-state index contributed by atoms with van der Waals surface area (Å²) >= 11 is 0. The van der Waals surface area contributed by atoms with Crippen molar-refractivity contribution in [2.45, 2.75) is 12.5 Å². The standard InChI is InChI=1S/C16H13NO4/c18-16(15-7-10-3-1-2-4-12(10)21-15)17-11-5-6-13-14(8-11)20-9-19-13/h1-6,8,15H,7,9H2,(H,17,18)/t15-/m0/s1. The van der Waals surface area contributed by atoms with Gasteiger partial charge < -0.3 is 19.5 Å². The molecule has 2 aliphatic rings. The van der Waals surface area contributed by atoms with Crippen molar-refractivity contribution in [2.75, 3.05) is 12.1 Å². The zero-order chi connectivity index (χ0) is 14.2. The van der Waals surface area contributed by atoms with Gasteiger partial charge in [0, 0.05) is 18.2 Å². The van der Waals surface area contributed by atoms with Crippen molar-refractivity contribution in [3.8, 4) is 17.2 Å². The maximum atomic E-state index is 12.3. The largest absolute Gasteiger partial charge is 0.480 e. The molecule has 0 fully saturated rings. The van der Waals surface area contributed by atoms with Crippen molar-refractivity contribution in [2.24, 2.45) is 0 Å². The third kappa shape index (κ3) is 2.16. The van der Waals surface area contributed by atoms with Crippen LogP contribution in [0.15, 0.2) is 42.5 Å². The van der Waals surface area contributed by atoms with Gasteiger partial charge >= 0.3 is 0 Å². The van der Waals surface area contributed by atoms with Crippen LogP contribution in [0.2, 0.25) is 0 Å². The summed E-state index contributed by atoms with van der Waals surface area (Å²) in [5.41, 5.74) is 1.73. The number of benzene rings is 2. The number of nitrogens with one attached hydrogen (secondary N) is 1. The predicted octanol–water partition coefficient (Wildman–Crippen LogP) is 2.36. The molecule has 4 rings (SSSR count). The highest BCUT2D eigenvalue weighted by molar-refractivity contribution is 5.95. The average molecular weight is 283 g/mol. The first kappa shape index (κ1) is 12.1. The van der Waals surface area contributed by atoms with E-state index in [0.29, 0.717) is 23.6 Å². The normalized spacial score (nSPS) is 18.0. The van der Waals surface area contributed by atoms with Gasteiger partial charge in [0.1, 0.15) is 5.75 Å². The van der Waals surface area contributed by atoms with E-state index in [1.807, 2.05) is 24.3 Å². The lowest BCUT2D eigenvalue weighted by Crippen LogP contribution is -2.31. The van der Waals surface area contributed by atoms with Gasteiger partial charge in [-0.1, -0.05) is 18.2 Å². The van der Waals surface area contributed by atoms with Gasteiger partial charge in [-0.15, -0.1) is 0 Å². The second-order valence-electron chi connectivity index (χ2n) is 4.98. The lowest BCUT2D eigenvalue weighted by molar-refractivity contribution is -0.122. The molecule has 0 radical (unpaired) electrons. The molecule has 1 N–H and O–H groups in total. The number of carbonyl (C=O) groups excluding carboxylic acids is 1. The Balaban J connectivity index is 1.47. The van der Waals surface area contributed by atoms with Crippen molar-refractivity contribution in [1.82, 2.24) is 0 Å². The molecule has 5 heteroatoms. The quantitative estimate of drug-likeness (QED) is 0.919. The fourth-order valence-electron chi connectivity index (χ4n) is 2.53. The van der Waals surface area contributed by atoms with E-state index >= 15 is 0 Å². The Kier molecular flexibility index (Phi) is 2.70. The summed E-state index contributed by atoms with van der Waals surface area (Å²) in [6.45, 7) is 0.216. The smallest absolute Gasteiger partial charge is 0.265 e. The maximum absolute atomic E-state index is 12.3. The number of rotatable bonds is 2. The molecule has 106 valence electrons. The van der Waals surface area contributed by atoms with Crippen LogP contribution in [0, 0.1) is 0 Å². The Labute approximate surface area is 121 Å². The number of anilines is 1. The lowest BCUT2D eigenvalue weighted by Gasteiger charge is -2.11. The second kappa shape index (κ2) is 4.70.